The van der Waals surface area contributed by atoms with Gasteiger partial charge in [0.1, 0.15) is 4.60 Å². The van der Waals surface area contributed by atoms with Gasteiger partial charge in [-0.2, -0.15) is 13.2 Å². The van der Waals surface area contributed by atoms with Gasteiger partial charge >= 0.3 is 6.18 Å². The number of hydrogen-bond donors (Lipinski definition) is 1. The van der Waals surface area contributed by atoms with E-state index in [0.29, 0.717) is 6.07 Å². The topological polar surface area (TPSA) is 38.9 Å². The van der Waals surface area contributed by atoms with Crippen molar-refractivity contribution in [2.45, 2.75) is 19.1 Å². The summed E-state index contributed by atoms with van der Waals surface area (Å²) in [6, 6.07) is 0.515. The lowest BCUT2D eigenvalue weighted by Gasteiger charge is -2.15. The number of rotatable bonds is 2. The highest BCUT2D eigenvalue weighted by Gasteiger charge is 2.37. The summed E-state index contributed by atoms with van der Waals surface area (Å²) in [6.07, 6.45) is -8.13. The van der Waals surface area contributed by atoms with Gasteiger partial charge in [-0.25, -0.2) is 13.8 Å². The van der Waals surface area contributed by atoms with Crippen LogP contribution in [0, 0.1) is 0 Å². The summed E-state index contributed by atoms with van der Waals surface area (Å²) in [4.78, 5) is 3.50. The number of alkyl halides is 5. The average molecular weight is 305 g/mol. The molecule has 0 bridgehead atoms. The summed E-state index contributed by atoms with van der Waals surface area (Å²) < 4.78 is 62.3. The molecule has 0 amide bonds. The largest absolute Gasteiger partial charge is 0.417 e. The van der Waals surface area contributed by atoms with Crippen LogP contribution in [0.4, 0.5) is 22.0 Å². The van der Waals surface area contributed by atoms with Gasteiger partial charge in [0.25, 0.3) is 6.43 Å². The van der Waals surface area contributed by atoms with Gasteiger partial charge in [0.05, 0.1) is 16.8 Å². The molecule has 0 radical (unpaired) electrons. The highest BCUT2D eigenvalue weighted by Crippen LogP contribution is 2.38. The van der Waals surface area contributed by atoms with Crippen molar-refractivity contribution < 1.29 is 22.0 Å². The van der Waals surface area contributed by atoms with Crippen LogP contribution in [0.15, 0.2) is 10.7 Å². The monoisotopic (exact) mass is 304 g/mol. The summed E-state index contributed by atoms with van der Waals surface area (Å²) in [7, 11) is 0. The fraction of sp³-hybridized carbons (Fsp3) is 0.375. The van der Waals surface area contributed by atoms with Crippen molar-refractivity contribution in [3.05, 3.63) is 27.5 Å². The van der Waals surface area contributed by atoms with Crippen LogP contribution in [0.2, 0.25) is 0 Å². The molecular weight excluding hydrogens is 299 g/mol. The van der Waals surface area contributed by atoms with Crippen molar-refractivity contribution in [1.29, 1.82) is 0 Å². The number of halogens is 6. The maximum absolute atomic E-state index is 12.5. The Morgan fingerprint density at radius 3 is 2.31 bits per heavy atom. The predicted octanol–water partition coefficient (Wildman–Crippen LogP) is 3.26. The smallest absolute Gasteiger partial charge is 0.325 e. The van der Waals surface area contributed by atoms with Crippen molar-refractivity contribution in [3.8, 4) is 0 Å². The van der Waals surface area contributed by atoms with Crippen molar-refractivity contribution in [2.24, 2.45) is 5.73 Å². The summed E-state index contributed by atoms with van der Waals surface area (Å²) in [5.74, 6) is 0. The Morgan fingerprint density at radius 2 is 1.94 bits per heavy atom. The Labute approximate surface area is 95.8 Å². The summed E-state index contributed by atoms with van der Waals surface area (Å²) in [6.45, 7) is -0.484. The average Bonchev–Trinajstić information content (AvgIpc) is 2.14. The molecule has 1 heterocycles. The minimum absolute atomic E-state index is 0.176. The molecule has 1 aromatic rings. The van der Waals surface area contributed by atoms with Crippen LogP contribution in [-0.2, 0) is 12.7 Å². The van der Waals surface area contributed by atoms with Crippen LogP contribution in [0.1, 0.15) is 23.2 Å². The second-order valence-electron chi connectivity index (χ2n) is 2.86. The quantitative estimate of drug-likeness (QED) is 0.673. The molecule has 0 saturated carbocycles. The van der Waals surface area contributed by atoms with Gasteiger partial charge < -0.3 is 5.73 Å². The normalized spacial score (nSPS) is 12.2. The van der Waals surface area contributed by atoms with E-state index in [0.717, 1.165) is 0 Å². The fourth-order valence-corrected chi connectivity index (χ4v) is 1.65. The summed E-state index contributed by atoms with van der Waals surface area (Å²) in [5, 5.41) is 0. The SMILES string of the molecule is NCc1nc(Br)cc(C(F)(F)F)c1C(F)F. The van der Waals surface area contributed by atoms with Crippen LogP contribution in [-0.4, -0.2) is 4.98 Å². The maximum Gasteiger partial charge on any atom is 0.417 e. The lowest BCUT2D eigenvalue weighted by atomic mass is 10.1. The number of nitrogens with zero attached hydrogens (tertiary/aromatic N) is 1. The second kappa shape index (κ2) is 4.62. The minimum atomic E-state index is -4.86. The van der Waals surface area contributed by atoms with Gasteiger partial charge in [-0.1, -0.05) is 0 Å². The molecule has 2 nitrogen and oxygen atoms in total. The number of aromatic nitrogens is 1. The number of pyridine rings is 1. The molecule has 0 aliphatic heterocycles. The zero-order valence-corrected chi connectivity index (χ0v) is 9.24. The van der Waals surface area contributed by atoms with Crippen LogP contribution in [0.25, 0.3) is 0 Å². The summed E-state index contributed by atoms with van der Waals surface area (Å²) in [5.41, 5.74) is 2.06. The molecule has 2 N–H and O–H groups in total. The minimum Gasteiger partial charge on any atom is -0.325 e. The first-order valence-corrected chi connectivity index (χ1v) is 4.81. The molecular formula is C8H6BrF5N2. The third-order valence-corrected chi connectivity index (χ3v) is 2.23. The van der Waals surface area contributed by atoms with E-state index < -0.39 is 36.0 Å². The Hall–Kier alpha value is -0.760. The van der Waals surface area contributed by atoms with Gasteiger partial charge in [0.2, 0.25) is 0 Å². The van der Waals surface area contributed by atoms with E-state index in [9.17, 15) is 22.0 Å². The zero-order chi connectivity index (χ0) is 12.5. The molecule has 90 valence electrons. The third-order valence-electron chi connectivity index (χ3n) is 1.82. The molecule has 0 atom stereocenters. The Morgan fingerprint density at radius 1 is 1.38 bits per heavy atom. The van der Waals surface area contributed by atoms with E-state index in [4.69, 9.17) is 5.73 Å². The predicted molar refractivity (Wildman–Crippen MR) is 49.8 cm³/mol. The van der Waals surface area contributed by atoms with Gasteiger partial charge in [0, 0.05) is 6.54 Å². The van der Waals surface area contributed by atoms with Crippen molar-refractivity contribution in [1.82, 2.24) is 4.98 Å². The fourth-order valence-electron chi connectivity index (χ4n) is 1.21. The first-order valence-electron chi connectivity index (χ1n) is 4.02. The molecule has 16 heavy (non-hydrogen) atoms. The van der Waals surface area contributed by atoms with Crippen molar-refractivity contribution >= 4 is 15.9 Å². The highest BCUT2D eigenvalue weighted by atomic mass is 79.9. The molecule has 0 saturated heterocycles. The van der Waals surface area contributed by atoms with Crippen LogP contribution in [0.5, 0.6) is 0 Å². The number of hydrogen-bond acceptors (Lipinski definition) is 2. The van der Waals surface area contributed by atoms with Crippen LogP contribution < -0.4 is 5.73 Å². The molecule has 0 aromatic carbocycles. The van der Waals surface area contributed by atoms with Gasteiger partial charge in [-0.3, -0.25) is 0 Å². The molecule has 0 spiro atoms. The molecule has 1 aromatic heterocycles. The van der Waals surface area contributed by atoms with Crippen LogP contribution in [0.3, 0.4) is 0 Å². The van der Waals surface area contributed by atoms with E-state index in [2.05, 4.69) is 20.9 Å². The lowest BCUT2D eigenvalue weighted by Crippen LogP contribution is -2.15. The van der Waals surface area contributed by atoms with Gasteiger partial charge in [0.15, 0.2) is 0 Å². The first kappa shape index (κ1) is 13.3. The summed E-state index contributed by atoms with van der Waals surface area (Å²) >= 11 is 2.72. The highest BCUT2D eigenvalue weighted by molar-refractivity contribution is 9.10. The Bertz CT molecular complexity index is 391. The molecule has 8 heteroatoms. The van der Waals surface area contributed by atoms with E-state index >= 15 is 0 Å². The second-order valence-corrected chi connectivity index (χ2v) is 3.67. The van der Waals surface area contributed by atoms with E-state index in [-0.39, 0.29) is 4.60 Å². The Balaban J connectivity index is 3.51. The van der Waals surface area contributed by atoms with Gasteiger partial charge in [-0.15, -0.1) is 0 Å². The molecule has 0 unspecified atom stereocenters. The van der Waals surface area contributed by atoms with E-state index in [1.165, 1.54) is 0 Å². The Kier molecular flexibility index (Phi) is 3.84. The van der Waals surface area contributed by atoms with E-state index in [1.54, 1.807) is 0 Å². The first-order chi connectivity index (χ1) is 7.27. The number of nitrogens with two attached hydrogens (primary N) is 1. The lowest BCUT2D eigenvalue weighted by molar-refractivity contribution is -0.139. The maximum atomic E-state index is 12.5. The zero-order valence-electron chi connectivity index (χ0n) is 7.65. The van der Waals surface area contributed by atoms with Gasteiger partial charge in [-0.05, 0) is 22.0 Å². The molecule has 1 rings (SSSR count). The molecule has 0 fully saturated rings. The van der Waals surface area contributed by atoms with Crippen molar-refractivity contribution in [3.63, 3.8) is 0 Å². The van der Waals surface area contributed by atoms with Crippen LogP contribution >= 0.6 is 15.9 Å². The van der Waals surface area contributed by atoms with Crippen molar-refractivity contribution in [2.75, 3.05) is 0 Å². The van der Waals surface area contributed by atoms with E-state index in [1.807, 2.05) is 0 Å². The molecule has 0 aliphatic rings. The molecule has 0 aliphatic carbocycles. The standard InChI is InChI=1S/C8H6BrF5N2/c9-5-1-3(8(12,13)14)6(7(10)11)4(2-15)16-5/h1,7H,2,15H2. The third kappa shape index (κ3) is 2.67.